The van der Waals surface area contributed by atoms with E-state index in [9.17, 15) is 0 Å². The highest BCUT2D eigenvalue weighted by Crippen LogP contribution is 2.34. The number of pyridine rings is 1. The number of hydrogen-bond donors (Lipinski definition) is 1. The molecule has 5 nitrogen and oxygen atoms in total. The van der Waals surface area contributed by atoms with Gasteiger partial charge >= 0.3 is 0 Å². The molecule has 27 heavy (non-hydrogen) atoms. The van der Waals surface area contributed by atoms with Crippen molar-refractivity contribution in [3.8, 4) is 17.3 Å². The smallest absolute Gasteiger partial charge is 0.181 e. The fourth-order valence-corrected chi connectivity index (χ4v) is 4.01. The van der Waals surface area contributed by atoms with Gasteiger partial charge in [0.25, 0.3) is 0 Å². The Morgan fingerprint density at radius 2 is 2.00 bits per heavy atom. The molecule has 8 heteroatoms. The summed E-state index contributed by atoms with van der Waals surface area (Å²) in [5.41, 5.74) is 1.72. The summed E-state index contributed by atoms with van der Waals surface area (Å²) in [5.74, 6) is 1.90. The van der Waals surface area contributed by atoms with Gasteiger partial charge in [-0.2, -0.15) is 0 Å². The van der Waals surface area contributed by atoms with Crippen LogP contribution in [0, 0.1) is 0 Å². The van der Waals surface area contributed by atoms with E-state index in [2.05, 4.69) is 20.3 Å². The molecule has 0 spiro atoms. The van der Waals surface area contributed by atoms with Crippen molar-refractivity contribution in [1.82, 2.24) is 15.0 Å². The monoisotopic (exact) mass is 416 g/mol. The van der Waals surface area contributed by atoms with Gasteiger partial charge in [-0.1, -0.05) is 35.3 Å². The molecule has 0 aliphatic rings. The molecule has 1 N–H and O–H groups in total. The Hall–Kier alpha value is -2.41. The molecule has 136 valence electrons. The van der Waals surface area contributed by atoms with Crippen LogP contribution in [0.25, 0.3) is 21.7 Å². The van der Waals surface area contributed by atoms with E-state index in [1.807, 2.05) is 42.5 Å². The fourth-order valence-electron chi connectivity index (χ4n) is 2.64. The zero-order valence-corrected chi connectivity index (χ0v) is 16.6. The molecule has 0 atom stereocenters. The number of hydrogen-bond acceptors (Lipinski definition) is 6. The third-order valence-electron chi connectivity index (χ3n) is 3.93. The Morgan fingerprint density at radius 3 is 2.74 bits per heavy atom. The molecular weight excluding hydrogens is 403 g/mol. The van der Waals surface area contributed by atoms with Crippen LogP contribution in [-0.2, 0) is 6.54 Å². The number of anilines is 1. The lowest BCUT2D eigenvalue weighted by atomic mass is 10.2. The molecule has 0 aliphatic carbocycles. The fraction of sp³-hybridized carbons (Fsp3) is 0.105. The number of methoxy groups -OCH3 is 1. The topological polar surface area (TPSA) is 59.9 Å². The van der Waals surface area contributed by atoms with Crippen molar-refractivity contribution in [1.29, 1.82) is 0 Å². The number of nitrogens with one attached hydrogen (secondary N) is 1. The van der Waals surface area contributed by atoms with Crippen LogP contribution >= 0.6 is 34.5 Å². The Balaban J connectivity index is 1.69. The predicted molar refractivity (Wildman–Crippen MR) is 111 cm³/mol. The van der Waals surface area contributed by atoms with Crippen molar-refractivity contribution in [2.45, 2.75) is 6.54 Å². The van der Waals surface area contributed by atoms with E-state index in [0.717, 1.165) is 15.8 Å². The molecule has 3 heterocycles. The second-order valence-corrected chi connectivity index (χ2v) is 7.77. The van der Waals surface area contributed by atoms with Gasteiger partial charge in [0.05, 0.1) is 21.9 Å². The van der Waals surface area contributed by atoms with Gasteiger partial charge in [-0.25, -0.2) is 9.97 Å². The predicted octanol–water partition coefficient (Wildman–Crippen LogP) is 5.68. The normalized spacial score (nSPS) is 10.9. The van der Waals surface area contributed by atoms with Gasteiger partial charge in [0.2, 0.25) is 0 Å². The Kier molecular flexibility index (Phi) is 5.11. The highest BCUT2D eigenvalue weighted by Gasteiger charge is 2.13. The van der Waals surface area contributed by atoms with Crippen LogP contribution in [0.5, 0.6) is 5.75 Å². The van der Waals surface area contributed by atoms with Crippen LogP contribution in [0.4, 0.5) is 5.82 Å². The van der Waals surface area contributed by atoms with Gasteiger partial charge in [-0.05, 0) is 35.9 Å². The van der Waals surface area contributed by atoms with Crippen LogP contribution in [-0.4, -0.2) is 22.1 Å². The summed E-state index contributed by atoms with van der Waals surface area (Å²) in [6.07, 6.45) is 1.72. The summed E-state index contributed by atoms with van der Waals surface area (Å²) in [6, 6.07) is 13.2. The first-order valence-corrected chi connectivity index (χ1v) is 9.66. The first kappa shape index (κ1) is 18.0. The number of ether oxygens (including phenoxy) is 1. The minimum atomic E-state index is 0.547. The molecule has 0 unspecified atom stereocenters. The highest BCUT2D eigenvalue weighted by molar-refractivity contribution is 7.22. The standard InChI is InChI=1S/C19H14Cl2N4OS/c1-26-15-6-5-11(8-13(15)20)10-23-17-12-9-16(21)27-19(12)25-18(24-17)14-4-2-3-7-22-14/h2-9H,10H2,1H3,(H,23,24,25). The van der Waals surface area contributed by atoms with E-state index >= 15 is 0 Å². The lowest BCUT2D eigenvalue weighted by Gasteiger charge is -2.10. The van der Waals surface area contributed by atoms with Crippen molar-refractivity contribution in [3.05, 3.63) is 63.6 Å². The molecule has 0 saturated carbocycles. The number of benzene rings is 1. The van der Waals surface area contributed by atoms with Gasteiger partial charge < -0.3 is 10.1 Å². The number of halogens is 2. The number of aromatic nitrogens is 3. The van der Waals surface area contributed by atoms with Gasteiger partial charge in [-0.3, -0.25) is 4.98 Å². The second kappa shape index (κ2) is 7.68. The minimum Gasteiger partial charge on any atom is -0.495 e. The summed E-state index contributed by atoms with van der Waals surface area (Å²) < 4.78 is 5.85. The van der Waals surface area contributed by atoms with Crippen molar-refractivity contribution in [2.24, 2.45) is 0 Å². The molecule has 0 fully saturated rings. The van der Waals surface area contributed by atoms with E-state index in [4.69, 9.17) is 27.9 Å². The molecule has 0 aliphatic heterocycles. The lowest BCUT2D eigenvalue weighted by Crippen LogP contribution is -2.04. The van der Waals surface area contributed by atoms with Crippen LogP contribution in [0.15, 0.2) is 48.7 Å². The number of fused-ring (bicyclic) bond motifs is 1. The van der Waals surface area contributed by atoms with E-state index in [0.29, 0.717) is 39.0 Å². The molecule has 0 saturated heterocycles. The third-order valence-corrected chi connectivity index (χ3v) is 5.39. The molecular formula is C19H14Cl2N4OS. The first-order valence-electron chi connectivity index (χ1n) is 8.09. The Labute approximate surface area is 170 Å². The largest absolute Gasteiger partial charge is 0.495 e. The maximum absolute atomic E-state index is 6.21. The molecule has 4 rings (SSSR count). The van der Waals surface area contributed by atoms with Crippen molar-refractivity contribution >= 4 is 50.6 Å². The van der Waals surface area contributed by atoms with E-state index in [1.165, 1.54) is 11.3 Å². The molecule has 1 aromatic carbocycles. The number of thiophene rings is 1. The average molecular weight is 417 g/mol. The van der Waals surface area contributed by atoms with Gasteiger partial charge in [0.15, 0.2) is 5.82 Å². The number of rotatable bonds is 5. The first-order chi connectivity index (χ1) is 13.1. The van der Waals surface area contributed by atoms with E-state index in [-0.39, 0.29) is 0 Å². The maximum atomic E-state index is 6.21. The average Bonchev–Trinajstić information content (AvgIpc) is 3.07. The quantitative estimate of drug-likeness (QED) is 0.453. The molecule has 0 radical (unpaired) electrons. The highest BCUT2D eigenvalue weighted by atomic mass is 35.5. The number of nitrogens with zero attached hydrogens (tertiary/aromatic N) is 3. The van der Waals surface area contributed by atoms with Gasteiger partial charge in [0.1, 0.15) is 22.1 Å². The summed E-state index contributed by atoms with van der Waals surface area (Å²) in [5, 5.41) is 4.81. The summed E-state index contributed by atoms with van der Waals surface area (Å²) in [7, 11) is 1.59. The van der Waals surface area contributed by atoms with E-state index in [1.54, 1.807) is 13.3 Å². The zero-order chi connectivity index (χ0) is 18.8. The molecule has 4 aromatic rings. The SMILES string of the molecule is COc1ccc(CNc2nc(-c3ccccn3)nc3sc(Cl)cc23)cc1Cl. The lowest BCUT2D eigenvalue weighted by molar-refractivity contribution is 0.415. The third kappa shape index (κ3) is 3.83. The molecule has 0 amide bonds. The van der Waals surface area contributed by atoms with Crippen LogP contribution in [0.2, 0.25) is 9.36 Å². The van der Waals surface area contributed by atoms with Crippen molar-refractivity contribution in [2.75, 3.05) is 12.4 Å². The van der Waals surface area contributed by atoms with Crippen LogP contribution in [0.3, 0.4) is 0 Å². The molecule has 0 bridgehead atoms. The summed E-state index contributed by atoms with van der Waals surface area (Å²) in [6.45, 7) is 0.547. The summed E-state index contributed by atoms with van der Waals surface area (Å²) in [4.78, 5) is 14.4. The van der Waals surface area contributed by atoms with Gasteiger partial charge in [-0.15, -0.1) is 11.3 Å². The summed E-state index contributed by atoms with van der Waals surface area (Å²) >= 11 is 13.8. The zero-order valence-electron chi connectivity index (χ0n) is 14.2. The van der Waals surface area contributed by atoms with Crippen LogP contribution in [0.1, 0.15) is 5.56 Å². The van der Waals surface area contributed by atoms with Crippen molar-refractivity contribution < 1.29 is 4.74 Å². The Morgan fingerprint density at radius 1 is 1.11 bits per heavy atom. The Bertz CT molecular complexity index is 1100. The minimum absolute atomic E-state index is 0.547. The van der Waals surface area contributed by atoms with Gasteiger partial charge in [0, 0.05) is 12.7 Å². The second-order valence-electron chi connectivity index (χ2n) is 5.70. The van der Waals surface area contributed by atoms with Crippen molar-refractivity contribution in [3.63, 3.8) is 0 Å². The molecule has 3 aromatic heterocycles. The maximum Gasteiger partial charge on any atom is 0.181 e. The van der Waals surface area contributed by atoms with E-state index < -0.39 is 0 Å². The van der Waals surface area contributed by atoms with Crippen LogP contribution < -0.4 is 10.1 Å².